The van der Waals surface area contributed by atoms with Gasteiger partial charge in [0.15, 0.2) is 28.9 Å². The minimum Gasteiger partial charge on any atom is -0.403 e. The van der Waals surface area contributed by atoms with Crippen molar-refractivity contribution >= 4 is 28.9 Å². The van der Waals surface area contributed by atoms with Crippen LogP contribution in [0.25, 0.3) is 58.1 Å². The fourth-order valence-electron chi connectivity index (χ4n) is 26.2. The molecule has 15 atom stereocenters. The van der Waals surface area contributed by atoms with Crippen LogP contribution in [0.1, 0.15) is 243 Å². The summed E-state index contributed by atoms with van der Waals surface area (Å²) in [5, 5.41) is 3.11. The smallest absolute Gasteiger partial charge is 0.226 e. The standard InChI is InChI=1S/C27H32N4O.C26H24N4O.C26H30N4O.C25H28N4O.C19H25N3O/c1-17(30(6)7)11-12-20-9-8-10-21(15-20)31-19(3)29-26-24(31)14-13-22-18(2)25(32)23(28-5)16-27(22,26)4;1-16-21-10-11-23-25(26(21,3)14-22(27-4)24(16)31)29-17(2)30(23)20-9-5-7-18(13-20)19-8-6-12-28-15-19;1-16(27-5)10-11-19-8-7-9-20(14-19)30-18(3)29-25-23(30)13-12-21-17(2)24(31)22(28-6)15-26(21,25)4;1-15(26)9-10-18-7-6-8-19(13-18)29-17(3)28-24-22(29)12-11-20-16(2)23(30)21(27-5)14-25(20,24)4;1-6-7-10-22-13(3)21-18-16(22)9-8-14-12(2)17(23)15(20-5)11-19(14,18)4/h8-10,15-16,18,22H,1,11-14H2,2-4,6-7H3;5-9,12-16,21H,10-11H2,1-3H3;7-9,14-15,17,21,27H,1,10-13H2,2-5H3;6-8,13-14,16,20H,1,9-12,26H2,2-4H3;11-12,14H,6-10H2,1-4H3/t18-,22-,27-;16-,21-,26-;17-,21-,26-;16-,20-,25-;12-,14-,19-/m00000/s1. The molecular formula is C123H139N19O5. The number of hydrogen-bond donors (Lipinski definition) is 2. The summed E-state index contributed by atoms with van der Waals surface area (Å²) in [5.41, 5.74) is 29.7. The third kappa shape index (κ3) is 19.1. The lowest BCUT2D eigenvalue weighted by Crippen LogP contribution is -2.45. The largest absolute Gasteiger partial charge is 0.403 e. The summed E-state index contributed by atoms with van der Waals surface area (Å²) in [6.07, 6.45) is 29.9. The molecule has 0 radical (unpaired) electrons. The SMILES string of the molecule is [C-]#[N+]C1=C[C@]2(C)c3nc(C)n(-c4cccc(-c5cccnc5)c4)c3CC[C@H]2[C@H](C)C1=O.[C-]#[N+]C1=C[C@]2(C)c3nc(C)n(-c4cccc(CCC(=C)N(C)C)c4)c3CC[C@H]2[C@H](C)C1=O.[C-]#[N+]C1=C[C@]2(C)c3nc(C)n(-c4cccc(CCC(=C)N)c4)c3CC[C@H]2[C@H](C)C1=O.[C-]#[N+]C1=C[C@]2(C)c3nc(C)n(-c4cccc(CCC(=C)NC)c4)c3CC[C@H]2[C@H](C)C1=O.[C-]#[N+]C1=C[C@]2(C)c3nc(C)n(CCCC)c3CC[C@H]2[C@H](C)C1=O. The molecule has 0 spiro atoms. The Morgan fingerprint density at radius 2 is 0.707 bits per heavy atom. The van der Waals surface area contributed by atoms with E-state index in [1.807, 2.05) is 126 Å². The number of fused-ring (bicyclic) bond motifs is 15. The Morgan fingerprint density at radius 3 is 1.01 bits per heavy atom. The highest BCUT2D eigenvalue weighted by Crippen LogP contribution is 2.57. The molecule has 10 aliphatic rings. The number of Topliss-reactive ketones (excluding diaryl/α,β-unsaturated/α-hetero) is 5. The fourth-order valence-corrected chi connectivity index (χ4v) is 26.2. The van der Waals surface area contributed by atoms with Gasteiger partial charge in [-0.1, -0.05) is 187 Å². The summed E-state index contributed by atoms with van der Waals surface area (Å²) in [7, 11) is 5.96. The Balaban J connectivity index is 0.000000132. The van der Waals surface area contributed by atoms with Crippen LogP contribution in [-0.2, 0) is 109 Å². The maximum Gasteiger partial charge on any atom is 0.226 e. The number of nitrogens with two attached hydrogens (primary N) is 1. The maximum atomic E-state index is 12.6. The van der Waals surface area contributed by atoms with Gasteiger partial charge in [0.25, 0.3) is 0 Å². The van der Waals surface area contributed by atoms with Gasteiger partial charge in [-0.2, -0.15) is 0 Å². The zero-order valence-corrected chi connectivity index (χ0v) is 89.0. The Kier molecular flexibility index (Phi) is 30.0. The monoisotopic (exact) mass is 1960 g/mol. The first kappa shape index (κ1) is 105. The van der Waals surface area contributed by atoms with Gasteiger partial charge < -0.3 is 62.8 Å². The van der Waals surface area contributed by atoms with Crippen molar-refractivity contribution in [2.24, 2.45) is 64.9 Å². The quantitative estimate of drug-likeness (QED) is 0.0715. The number of allylic oxidation sites excluding steroid dienone is 13. The third-order valence-electron chi connectivity index (χ3n) is 34.3. The number of aromatic nitrogens is 11. The van der Waals surface area contributed by atoms with Crippen molar-refractivity contribution in [2.75, 3.05) is 21.1 Å². The van der Waals surface area contributed by atoms with Crippen molar-refractivity contribution in [1.82, 2.24) is 63.0 Å². The van der Waals surface area contributed by atoms with Gasteiger partial charge in [-0.25, -0.2) is 49.1 Å². The summed E-state index contributed by atoms with van der Waals surface area (Å²) >= 11 is 0. The number of unbranched alkanes of at least 4 members (excludes halogenated alkanes) is 1. The number of carbonyl (C=O) groups is 5. The van der Waals surface area contributed by atoms with E-state index in [1.165, 1.54) is 51.6 Å². The average Bonchev–Trinajstić information content (AvgIpc) is 1.60. The lowest BCUT2D eigenvalue weighted by atomic mass is 9.59. The summed E-state index contributed by atoms with van der Waals surface area (Å²) in [6, 6.07) is 38.2. The van der Waals surface area contributed by atoms with Crippen LogP contribution in [0.4, 0.5) is 0 Å². The molecule has 0 saturated carbocycles. The molecule has 6 aromatic heterocycles. The normalized spacial score (nSPS) is 25.4. The van der Waals surface area contributed by atoms with E-state index in [9.17, 15) is 24.0 Å². The number of ketones is 5. The first-order valence-corrected chi connectivity index (χ1v) is 52.2. The summed E-state index contributed by atoms with van der Waals surface area (Å²) in [6.45, 7) is 83.3. The average molecular weight is 1960 g/mol. The number of benzene rings is 4. The van der Waals surface area contributed by atoms with E-state index in [0.717, 1.165) is 219 Å². The molecule has 0 bridgehead atoms. The second kappa shape index (κ2) is 42.0. The topological polar surface area (TPSA) is 250 Å². The molecule has 0 saturated heterocycles. The Morgan fingerprint density at radius 1 is 0.415 bits per heavy atom. The van der Waals surface area contributed by atoms with Gasteiger partial charge >= 0.3 is 0 Å². The van der Waals surface area contributed by atoms with E-state index in [-0.39, 0.29) is 122 Å². The van der Waals surface area contributed by atoms with Gasteiger partial charge in [-0.3, -0.25) is 4.98 Å². The molecule has 20 rings (SSSR count). The number of nitrogens with zero attached hydrogens (tertiary/aromatic N) is 17. The molecule has 756 valence electrons. The molecule has 24 nitrogen and oxygen atoms in total. The van der Waals surface area contributed by atoms with E-state index in [4.69, 9.17) is 63.5 Å². The van der Waals surface area contributed by atoms with E-state index < -0.39 is 16.2 Å². The van der Waals surface area contributed by atoms with Crippen LogP contribution in [0.2, 0.25) is 0 Å². The maximum absolute atomic E-state index is 12.6. The summed E-state index contributed by atoms with van der Waals surface area (Å²) in [4.78, 5) is 112. The molecule has 10 aromatic rings. The van der Waals surface area contributed by atoms with Crippen molar-refractivity contribution in [2.45, 2.75) is 260 Å². The Labute approximate surface area is 867 Å². The number of nitrogens with one attached hydrogen (secondary N) is 1. The molecule has 0 amide bonds. The molecule has 147 heavy (non-hydrogen) atoms. The highest BCUT2D eigenvalue weighted by molar-refractivity contribution is 6.03. The molecular weight excluding hydrogens is 1820 g/mol. The zero-order valence-electron chi connectivity index (χ0n) is 89.0. The number of aryl methyl sites for hydroxylation is 8. The first-order valence-electron chi connectivity index (χ1n) is 52.2. The second-order valence-electron chi connectivity index (χ2n) is 43.5. The second-order valence-corrected chi connectivity index (χ2v) is 43.5. The van der Waals surface area contributed by atoms with Gasteiger partial charge in [0.05, 0.1) is 61.3 Å². The van der Waals surface area contributed by atoms with E-state index in [2.05, 4.69) is 234 Å². The van der Waals surface area contributed by atoms with Gasteiger partial charge in [-0.05, 0) is 250 Å². The number of imidazole rings is 5. The van der Waals surface area contributed by atoms with Crippen LogP contribution < -0.4 is 11.1 Å². The minimum absolute atomic E-state index is 0.00747. The molecule has 24 heteroatoms. The first-order chi connectivity index (χ1) is 70.1. The number of rotatable bonds is 19. The van der Waals surface area contributed by atoms with Crippen LogP contribution in [0.5, 0.6) is 0 Å². The van der Waals surface area contributed by atoms with Gasteiger partial charge in [0.1, 0.15) is 29.1 Å². The highest BCUT2D eigenvalue weighted by atomic mass is 16.1. The molecule has 3 N–H and O–H groups in total. The van der Waals surface area contributed by atoms with E-state index in [0.29, 0.717) is 11.4 Å². The van der Waals surface area contributed by atoms with Crippen molar-refractivity contribution in [3.05, 3.63) is 377 Å². The van der Waals surface area contributed by atoms with Gasteiger partial charge in [0.2, 0.25) is 28.5 Å². The van der Waals surface area contributed by atoms with Crippen molar-refractivity contribution in [3.63, 3.8) is 0 Å². The Bertz CT molecular complexity index is 7390. The van der Waals surface area contributed by atoms with Crippen LogP contribution >= 0.6 is 0 Å². The van der Waals surface area contributed by atoms with Crippen LogP contribution in [0.3, 0.4) is 0 Å². The fraction of sp³-hybridized carbons (Fsp3) is 0.431. The molecule has 0 unspecified atom stereocenters. The number of hydrogen-bond acceptors (Lipinski definition) is 14. The van der Waals surface area contributed by atoms with Gasteiger partial charge in [0, 0.05) is 171 Å². The molecule has 6 heterocycles. The third-order valence-corrected chi connectivity index (χ3v) is 34.3. The van der Waals surface area contributed by atoms with Crippen LogP contribution in [-0.4, -0.2) is 108 Å². The van der Waals surface area contributed by atoms with E-state index in [1.54, 1.807) is 6.20 Å². The molecule has 4 aromatic carbocycles. The van der Waals surface area contributed by atoms with Crippen molar-refractivity contribution in [3.8, 4) is 33.9 Å². The van der Waals surface area contributed by atoms with Crippen LogP contribution in [0.15, 0.2) is 217 Å². The van der Waals surface area contributed by atoms with Crippen molar-refractivity contribution in [1.29, 1.82) is 0 Å². The summed E-state index contributed by atoms with van der Waals surface area (Å²) in [5.74, 6) is 4.98. The number of pyridine rings is 1. The number of carbonyl (C=O) groups excluding carboxylic acids is 5. The van der Waals surface area contributed by atoms with Crippen molar-refractivity contribution < 1.29 is 24.0 Å². The van der Waals surface area contributed by atoms with E-state index >= 15 is 0 Å². The Hall–Kier alpha value is -14.8. The highest BCUT2D eigenvalue weighted by Gasteiger charge is 2.56. The lowest BCUT2D eigenvalue weighted by Gasteiger charge is -2.44. The van der Waals surface area contributed by atoms with Gasteiger partial charge in [-0.15, -0.1) is 0 Å². The molecule has 10 aliphatic carbocycles. The lowest BCUT2D eigenvalue weighted by molar-refractivity contribution is -0.122. The molecule has 0 fully saturated rings. The minimum atomic E-state index is -0.405. The zero-order chi connectivity index (χ0) is 106. The molecule has 0 aliphatic heterocycles. The predicted octanol–water partition coefficient (Wildman–Crippen LogP) is 23.1. The summed E-state index contributed by atoms with van der Waals surface area (Å²) < 4.78 is 11.4. The predicted molar refractivity (Wildman–Crippen MR) is 578 cm³/mol. The van der Waals surface area contributed by atoms with Crippen LogP contribution in [0, 0.1) is 127 Å².